The van der Waals surface area contributed by atoms with Crippen molar-refractivity contribution in [2.45, 2.75) is 36.7 Å². The highest BCUT2D eigenvalue weighted by molar-refractivity contribution is 8.07. The maximum Gasteiger partial charge on any atom is 0.274 e. The molecule has 1 aromatic rings. The molecule has 24 heavy (non-hydrogen) atoms. The first-order valence-electron chi connectivity index (χ1n) is 8.18. The standard InChI is InChI=1S/C16H27N3O3S2/c1-18(2)12-11-17-14-7-6-10-16(13-14)24(20,21)19(23-3)22-15-8-4-5-9-15/h6-7,10,13,15,17H,4-5,8-9,11-12H2,1-3H3. The van der Waals surface area contributed by atoms with Gasteiger partial charge in [0.05, 0.1) is 11.0 Å². The molecule has 0 bridgehead atoms. The quantitative estimate of drug-likeness (QED) is 0.530. The molecule has 1 saturated carbocycles. The molecule has 2 rings (SSSR count). The molecule has 8 heteroatoms. The Morgan fingerprint density at radius 3 is 2.62 bits per heavy atom. The van der Waals surface area contributed by atoms with Crippen molar-refractivity contribution >= 4 is 27.7 Å². The Bertz CT molecular complexity index is 617. The summed E-state index contributed by atoms with van der Waals surface area (Å²) < 4.78 is 26.7. The van der Waals surface area contributed by atoms with Gasteiger partial charge in [-0.3, -0.25) is 4.84 Å². The Morgan fingerprint density at radius 1 is 1.29 bits per heavy atom. The van der Waals surface area contributed by atoms with E-state index in [1.807, 2.05) is 20.2 Å². The van der Waals surface area contributed by atoms with E-state index in [0.717, 1.165) is 60.3 Å². The summed E-state index contributed by atoms with van der Waals surface area (Å²) in [6.07, 6.45) is 5.73. The first-order valence-corrected chi connectivity index (χ1v) is 10.8. The average Bonchev–Trinajstić information content (AvgIpc) is 3.05. The summed E-state index contributed by atoms with van der Waals surface area (Å²) >= 11 is 1.08. The second kappa shape index (κ2) is 9.05. The summed E-state index contributed by atoms with van der Waals surface area (Å²) in [5, 5.41) is 3.25. The molecular weight excluding hydrogens is 346 g/mol. The second-order valence-corrected chi connectivity index (χ2v) is 8.83. The monoisotopic (exact) mass is 373 g/mol. The number of sulfonamides is 1. The van der Waals surface area contributed by atoms with Gasteiger partial charge in [-0.05, 0) is 67.2 Å². The predicted molar refractivity (Wildman–Crippen MR) is 99.4 cm³/mol. The number of nitrogens with zero attached hydrogens (tertiary/aromatic N) is 2. The van der Waals surface area contributed by atoms with E-state index >= 15 is 0 Å². The Labute approximate surface area is 149 Å². The van der Waals surface area contributed by atoms with E-state index in [4.69, 9.17) is 4.84 Å². The Hall–Kier alpha value is -0.800. The molecule has 1 N–H and O–H groups in total. The lowest BCUT2D eigenvalue weighted by atomic mass is 10.3. The van der Waals surface area contributed by atoms with Crippen LogP contribution in [0.3, 0.4) is 0 Å². The summed E-state index contributed by atoms with van der Waals surface area (Å²) in [4.78, 5) is 8.02. The molecule has 0 spiro atoms. The number of benzene rings is 1. The van der Waals surface area contributed by atoms with Crippen molar-refractivity contribution in [3.63, 3.8) is 0 Å². The zero-order chi connectivity index (χ0) is 17.6. The number of likely N-dealkylation sites (N-methyl/N-ethyl adjacent to an activating group) is 1. The first kappa shape index (κ1) is 19.5. The normalized spacial score (nSPS) is 16.2. The molecule has 1 aliphatic carbocycles. The van der Waals surface area contributed by atoms with Crippen LogP contribution >= 0.6 is 11.9 Å². The molecule has 0 amide bonds. The van der Waals surface area contributed by atoms with Gasteiger partial charge in [0, 0.05) is 18.8 Å². The van der Waals surface area contributed by atoms with Crippen LogP contribution in [0.25, 0.3) is 0 Å². The maximum atomic E-state index is 12.8. The minimum atomic E-state index is -3.68. The highest BCUT2D eigenvalue weighted by Gasteiger charge is 2.29. The van der Waals surface area contributed by atoms with Crippen molar-refractivity contribution < 1.29 is 13.3 Å². The van der Waals surface area contributed by atoms with Crippen LogP contribution in [0.4, 0.5) is 5.69 Å². The first-order chi connectivity index (χ1) is 11.4. The van der Waals surface area contributed by atoms with Crippen LogP contribution in [-0.2, 0) is 14.9 Å². The van der Waals surface area contributed by atoms with Gasteiger partial charge >= 0.3 is 0 Å². The van der Waals surface area contributed by atoms with E-state index in [0.29, 0.717) is 0 Å². The van der Waals surface area contributed by atoms with Crippen LogP contribution in [0.1, 0.15) is 25.7 Å². The minimum Gasteiger partial charge on any atom is -0.384 e. The van der Waals surface area contributed by atoms with E-state index in [1.165, 1.54) is 0 Å². The molecule has 0 radical (unpaired) electrons. The van der Waals surface area contributed by atoms with Crippen molar-refractivity contribution in [3.8, 4) is 0 Å². The van der Waals surface area contributed by atoms with Gasteiger partial charge in [0.2, 0.25) is 0 Å². The lowest BCUT2D eigenvalue weighted by Gasteiger charge is -2.22. The summed E-state index contributed by atoms with van der Waals surface area (Å²) in [7, 11) is 0.320. The van der Waals surface area contributed by atoms with Gasteiger partial charge in [-0.25, -0.2) is 8.42 Å². The van der Waals surface area contributed by atoms with Crippen molar-refractivity contribution in [3.05, 3.63) is 24.3 Å². The SMILES string of the molecule is CSN(OC1CCCC1)S(=O)(=O)c1cccc(NCCN(C)C)c1. The van der Waals surface area contributed by atoms with E-state index in [-0.39, 0.29) is 11.0 Å². The molecule has 0 aliphatic heterocycles. The highest BCUT2D eigenvalue weighted by atomic mass is 32.3. The van der Waals surface area contributed by atoms with Crippen LogP contribution in [0.15, 0.2) is 29.2 Å². The molecule has 1 fully saturated rings. The van der Waals surface area contributed by atoms with Gasteiger partial charge < -0.3 is 10.2 Å². The molecular formula is C16H27N3O3S2. The van der Waals surface area contributed by atoms with Crippen LogP contribution in [0.2, 0.25) is 0 Å². The van der Waals surface area contributed by atoms with E-state index in [9.17, 15) is 8.42 Å². The number of rotatable bonds is 9. The van der Waals surface area contributed by atoms with Gasteiger partial charge in [0.15, 0.2) is 0 Å². The fraction of sp³-hybridized carbons (Fsp3) is 0.625. The third-order valence-corrected chi connectivity index (χ3v) is 6.65. The summed E-state index contributed by atoms with van der Waals surface area (Å²) in [6.45, 7) is 1.63. The van der Waals surface area contributed by atoms with Crippen LogP contribution in [0, 0.1) is 0 Å². The van der Waals surface area contributed by atoms with Crippen molar-refractivity contribution in [1.29, 1.82) is 0 Å². The summed E-state index contributed by atoms with van der Waals surface area (Å²) in [5.74, 6) is 0. The molecule has 136 valence electrons. The second-order valence-electron chi connectivity index (χ2n) is 6.15. The molecule has 0 heterocycles. The van der Waals surface area contributed by atoms with Crippen molar-refractivity contribution in [2.75, 3.05) is 38.8 Å². The Kier molecular flexibility index (Phi) is 7.36. The van der Waals surface area contributed by atoms with Crippen molar-refractivity contribution in [1.82, 2.24) is 8.77 Å². The average molecular weight is 374 g/mol. The largest absolute Gasteiger partial charge is 0.384 e. The molecule has 0 saturated heterocycles. The number of anilines is 1. The molecule has 1 aromatic carbocycles. The molecule has 0 atom stereocenters. The lowest BCUT2D eigenvalue weighted by Crippen LogP contribution is -2.29. The molecule has 0 unspecified atom stereocenters. The zero-order valence-electron chi connectivity index (χ0n) is 14.6. The Morgan fingerprint density at radius 2 is 2.00 bits per heavy atom. The number of hydrogen-bond acceptors (Lipinski definition) is 6. The third kappa shape index (κ3) is 5.35. The van der Waals surface area contributed by atoms with Crippen molar-refractivity contribution in [2.24, 2.45) is 0 Å². The fourth-order valence-electron chi connectivity index (χ4n) is 2.59. The van der Waals surface area contributed by atoms with Crippen LogP contribution in [-0.4, -0.2) is 56.7 Å². The van der Waals surface area contributed by atoms with Gasteiger partial charge in [-0.2, -0.15) is 0 Å². The number of hydrogen-bond donors (Lipinski definition) is 1. The van der Waals surface area contributed by atoms with Gasteiger partial charge in [0.1, 0.15) is 0 Å². The van der Waals surface area contributed by atoms with Gasteiger partial charge in [-0.1, -0.05) is 18.9 Å². The predicted octanol–water partition coefficient (Wildman–Crippen LogP) is 2.80. The van der Waals surface area contributed by atoms with E-state index in [2.05, 4.69) is 10.2 Å². The van der Waals surface area contributed by atoms with Crippen LogP contribution in [0.5, 0.6) is 0 Å². The zero-order valence-corrected chi connectivity index (χ0v) is 16.2. The molecule has 1 aliphatic rings. The minimum absolute atomic E-state index is 0.00590. The van der Waals surface area contributed by atoms with Gasteiger partial charge in [0.25, 0.3) is 10.0 Å². The Balaban J connectivity index is 2.08. The molecule has 6 nitrogen and oxygen atoms in total. The van der Waals surface area contributed by atoms with E-state index < -0.39 is 10.0 Å². The maximum absolute atomic E-state index is 12.8. The van der Waals surface area contributed by atoms with Gasteiger partial charge in [-0.15, -0.1) is 0 Å². The summed E-state index contributed by atoms with van der Waals surface area (Å²) in [5.41, 5.74) is 0.792. The molecule has 0 aromatic heterocycles. The topological polar surface area (TPSA) is 61.9 Å². The smallest absolute Gasteiger partial charge is 0.274 e. The number of nitrogens with one attached hydrogen (secondary N) is 1. The highest BCUT2D eigenvalue weighted by Crippen LogP contribution is 2.29. The third-order valence-electron chi connectivity index (χ3n) is 3.90. The fourth-order valence-corrected chi connectivity index (χ4v) is 4.77. The van der Waals surface area contributed by atoms with E-state index in [1.54, 1.807) is 24.5 Å². The van der Waals surface area contributed by atoms with Crippen LogP contribution < -0.4 is 5.32 Å². The lowest BCUT2D eigenvalue weighted by molar-refractivity contribution is -0.0628. The summed E-state index contributed by atoms with van der Waals surface area (Å²) in [6, 6.07) is 6.88.